The minimum atomic E-state index is -0.000690. The molecule has 0 amide bonds. The van der Waals surface area contributed by atoms with Gasteiger partial charge < -0.3 is 16.2 Å². The zero-order valence-corrected chi connectivity index (χ0v) is 12.7. The van der Waals surface area contributed by atoms with Crippen LogP contribution in [0.15, 0.2) is 48.9 Å². The normalized spacial score (nSPS) is 10.5. The summed E-state index contributed by atoms with van der Waals surface area (Å²) in [6, 6.07) is 11.4. The molecule has 0 saturated carbocycles. The summed E-state index contributed by atoms with van der Waals surface area (Å²) in [6.45, 7) is 2.39. The molecule has 2 aromatic heterocycles. The number of benzene rings is 1. The molecule has 23 heavy (non-hydrogen) atoms. The Bertz CT molecular complexity index is 800. The van der Waals surface area contributed by atoms with Crippen LogP contribution >= 0.6 is 0 Å². The highest BCUT2D eigenvalue weighted by Crippen LogP contribution is 2.33. The van der Waals surface area contributed by atoms with Gasteiger partial charge in [-0.1, -0.05) is 29.8 Å². The zero-order chi connectivity index (χ0) is 16.2. The summed E-state index contributed by atoms with van der Waals surface area (Å²) in [5.41, 5.74) is 9.49. The van der Waals surface area contributed by atoms with Crippen molar-refractivity contribution in [3.05, 3.63) is 60.2 Å². The fraction of sp³-hybridized carbons (Fsp3) is 0.118. The first-order chi connectivity index (χ1) is 11.2. The van der Waals surface area contributed by atoms with Gasteiger partial charge in [0.25, 0.3) is 0 Å². The summed E-state index contributed by atoms with van der Waals surface area (Å²) in [5, 5.41) is 13.5. The van der Waals surface area contributed by atoms with Crippen molar-refractivity contribution < 1.29 is 5.11 Å². The summed E-state index contributed by atoms with van der Waals surface area (Å²) >= 11 is 0. The molecule has 0 unspecified atom stereocenters. The average Bonchev–Trinajstić information content (AvgIpc) is 2.58. The summed E-state index contributed by atoms with van der Waals surface area (Å²) < 4.78 is 0. The van der Waals surface area contributed by atoms with E-state index in [1.165, 1.54) is 6.33 Å². The summed E-state index contributed by atoms with van der Waals surface area (Å²) in [4.78, 5) is 12.5. The van der Waals surface area contributed by atoms with Crippen LogP contribution in [0.3, 0.4) is 0 Å². The van der Waals surface area contributed by atoms with Crippen molar-refractivity contribution in [1.82, 2.24) is 15.0 Å². The van der Waals surface area contributed by atoms with Crippen LogP contribution in [0.2, 0.25) is 0 Å². The molecule has 1 aromatic carbocycles. The molecule has 0 atom stereocenters. The smallest absolute Gasteiger partial charge is 0.185 e. The van der Waals surface area contributed by atoms with Gasteiger partial charge in [0.1, 0.15) is 12.0 Å². The Morgan fingerprint density at radius 2 is 1.83 bits per heavy atom. The van der Waals surface area contributed by atoms with Crippen molar-refractivity contribution >= 4 is 11.5 Å². The van der Waals surface area contributed by atoms with Crippen LogP contribution in [0.25, 0.3) is 11.3 Å². The van der Waals surface area contributed by atoms with Gasteiger partial charge in [-0.3, -0.25) is 4.98 Å². The van der Waals surface area contributed by atoms with Gasteiger partial charge in [-0.25, -0.2) is 9.97 Å². The Morgan fingerprint density at radius 1 is 1.04 bits per heavy atom. The minimum absolute atomic E-state index is 0.000690. The molecule has 6 nitrogen and oxygen atoms in total. The van der Waals surface area contributed by atoms with Crippen molar-refractivity contribution in [2.45, 2.75) is 13.5 Å². The van der Waals surface area contributed by atoms with Gasteiger partial charge in [-0.05, 0) is 19.1 Å². The van der Waals surface area contributed by atoms with E-state index in [2.05, 4.69) is 20.3 Å². The molecular formula is C17H17N5O. The van der Waals surface area contributed by atoms with Crippen LogP contribution in [0.1, 0.15) is 11.3 Å². The molecule has 2 heterocycles. The van der Waals surface area contributed by atoms with Gasteiger partial charge in [0.2, 0.25) is 0 Å². The van der Waals surface area contributed by atoms with E-state index in [0.29, 0.717) is 23.7 Å². The van der Waals surface area contributed by atoms with E-state index < -0.39 is 0 Å². The molecule has 0 aliphatic heterocycles. The molecule has 0 saturated heterocycles. The van der Waals surface area contributed by atoms with E-state index in [1.54, 1.807) is 6.20 Å². The van der Waals surface area contributed by atoms with E-state index in [9.17, 15) is 5.11 Å². The third-order valence-corrected chi connectivity index (χ3v) is 3.44. The number of nitrogens with one attached hydrogen (secondary N) is 1. The summed E-state index contributed by atoms with van der Waals surface area (Å²) in [5.74, 6) is 0.331. The quantitative estimate of drug-likeness (QED) is 0.686. The van der Waals surface area contributed by atoms with E-state index >= 15 is 0 Å². The maximum absolute atomic E-state index is 10.4. The molecule has 0 aliphatic rings. The standard InChI is InChI=1S/C17H17N5O/c1-11-2-4-12(5-3-11)15-16(23)17(21-10-20-15)22-14-7-6-13(8-18)19-9-14/h2-7,9-10,23H,8,18H2,1H3,(H,20,21,22). The first kappa shape index (κ1) is 14.9. The molecule has 6 heteroatoms. The van der Waals surface area contributed by atoms with Crippen LogP contribution in [0.5, 0.6) is 5.75 Å². The highest BCUT2D eigenvalue weighted by atomic mass is 16.3. The summed E-state index contributed by atoms with van der Waals surface area (Å²) in [7, 11) is 0. The molecule has 3 rings (SSSR count). The SMILES string of the molecule is Cc1ccc(-c2ncnc(Nc3ccc(CN)nc3)c2O)cc1. The van der Waals surface area contributed by atoms with Gasteiger partial charge >= 0.3 is 0 Å². The number of pyridine rings is 1. The lowest BCUT2D eigenvalue weighted by molar-refractivity contribution is 0.475. The average molecular weight is 307 g/mol. The van der Waals surface area contributed by atoms with Gasteiger partial charge in [0, 0.05) is 12.1 Å². The number of rotatable bonds is 4. The molecular weight excluding hydrogens is 290 g/mol. The van der Waals surface area contributed by atoms with Crippen LogP contribution < -0.4 is 11.1 Å². The largest absolute Gasteiger partial charge is 0.503 e. The Labute approximate surface area is 134 Å². The van der Waals surface area contributed by atoms with Crippen LogP contribution in [0, 0.1) is 6.92 Å². The lowest BCUT2D eigenvalue weighted by Gasteiger charge is -2.10. The van der Waals surface area contributed by atoms with Gasteiger partial charge in [-0.15, -0.1) is 0 Å². The van der Waals surface area contributed by atoms with Crippen molar-refractivity contribution in [2.75, 3.05) is 5.32 Å². The van der Waals surface area contributed by atoms with Crippen molar-refractivity contribution in [2.24, 2.45) is 5.73 Å². The molecule has 0 radical (unpaired) electrons. The van der Waals surface area contributed by atoms with E-state index in [4.69, 9.17) is 5.73 Å². The van der Waals surface area contributed by atoms with Crippen LogP contribution in [-0.2, 0) is 6.54 Å². The first-order valence-electron chi connectivity index (χ1n) is 7.20. The van der Waals surface area contributed by atoms with E-state index in [-0.39, 0.29) is 5.75 Å². The number of anilines is 2. The number of hydrogen-bond acceptors (Lipinski definition) is 6. The molecule has 3 aromatic rings. The number of hydrogen-bond donors (Lipinski definition) is 3. The Kier molecular flexibility index (Phi) is 4.16. The van der Waals surface area contributed by atoms with Crippen LogP contribution in [0.4, 0.5) is 11.5 Å². The van der Waals surface area contributed by atoms with Gasteiger partial charge in [-0.2, -0.15) is 0 Å². The Morgan fingerprint density at radius 3 is 2.48 bits per heavy atom. The van der Waals surface area contributed by atoms with Crippen LogP contribution in [-0.4, -0.2) is 20.1 Å². The highest BCUT2D eigenvalue weighted by Gasteiger charge is 2.12. The molecule has 0 bridgehead atoms. The Balaban J connectivity index is 1.91. The lowest BCUT2D eigenvalue weighted by Crippen LogP contribution is -2.01. The minimum Gasteiger partial charge on any atom is -0.503 e. The van der Waals surface area contributed by atoms with Gasteiger partial charge in [0.05, 0.1) is 17.6 Å². The maximum atomic E-state index is 10.4. The molecule has 116 valence electrons. The zero-order valence-electron chi connectivity index (χ0n) is 12.7. The van der Waals surface area contributed by atoms with E-state index in [1.807, 2.05) is 43.3 Å². The first-order valence-corrected chi connectivity index (χ1v) is 7.20. The van der Waals surface area contributed by atoms with Crippen molar-refractivity contribution in [1.29, 1.82) is 0 Å². The summed E-state index contributed by atoms with van der Waals surface area (Å²) in [6.07, 6.45) is 3.06. The van der Waals surface area contributed by atoms with E-state index in [0.717, 1.165) is 16.8 Å². The predicted octanol–water partition coefficient (Wildman–Crippen LogP) is 2.75. The maximum Gasteiger partial charge on any atom is 0.185 e. The molecule has 0 spiro atoms. The topological polar surface area (TPSA) is 97.0 Å². The predicted molar refractivity (Wildman–Crippen MR) is 89.3 cm³/mol. The number of aromatic nitrogens is 3. The Hall–Kier alpha value is -2.99. The fourth-order valence-electron chi connectivity index (χ4n) is 2.15. The molecule has 0 aliphatic carbocycles. The van der Waals surface area contributed by atoms with Gasteiger partial charge in [0.15, 0.2) is 11.6 Å². The monoisotopic (exact) mass is 307 g/mol. The lowest BCUT2D eigenvalue weighted by atomic mass is 10.1. The van der Waals surface area contributed by atoms with Crippen molar-refractivity contribution in [3.8, 4) is 17.0 Å². The third kappa shape index (κ3) is 3.27. The second-order valence-electron chi connectivity index (χ2n) is 5.15. The van der Waals surface area contributed by atoms with Crippen molar-refractivity contribution in [3.63, 3.8) is 0 Å². The number of nitrogens with two attached hydrogens (primary N) is 1. The number of aryl methyl sites for hydroxylation is 1. The number of nitrogens with zero attached hydrogens (tertiary/aromatic N) is 3. The second-order valence-corrected chi connectivity index (χ2v) is 5.15. The fourth-order valence-corrected chi connectivity index (χ4v) is 2.15. The second kappa shape index (κ2) is 6.41. The third-order valence-electron chi connectivity index (χ3n) is 3.44. The molecule has 0 fully saturated rings. The number of aromatic hydroxyl groups is 1. The molecule has 4 N–H and O–H groups in total. The highest BCUT2D eigenvalue weighted by molar-refractivity contribution is 5.74.